The Kier molecular flexibility index (Phi) is 5.41. The fourth-order valence-electron chi connectivity index (χ4n) is 2.88. The van der Waals surface area contributed by atoms with E-state index in [4.69, 9.17) is 0 Å². The molecule has 2 N–H and O–H groups in total. The van der Waals surface area contributed by atoms with E-state index < -0.39 is 10.0 Å². The number of hydrogen-bond donors (Lipinski definition) is 2. The van der Waals surface area contributed by atoms with E-state index in [1.807, 2.05) is 6.07 Å². The highest BCUT2D eigenvalue weighted by molar-refractivity contribution is 7.89. The lowest BCUT2D eigenvalue weighted by atomic mass is 10.2. The van der Waals surface area contributed by atoms with Crippen molar-refractivity contribution in [1.29, 1.82) is 0 Å². The minimum atomic E-state index is -3.63. The number of rotatable bonds is 8. The highest BCUT2D eigenvalue weighted by atomic mass is 32.2. The molecule has 1 aliphatic rings. The van der Waals surface area contributed by atoms with Gasteiger partial charge in [0.25, 0.3) is 5.91 Å². The summed E-state index contributed by atoms with van der Waals surface area (Å²) in [7, 11) is -3.63. The molecule has 0 bridgehead atoms. The Morgan fingerprint density at radius 1 is 1.14 bits per heavy atom. The van der Waals surface area contributed by atoms with Crippen LogP contribution < -0.4 is 10.0 Å². The van der Waals surface area contributed by atoms with Crippen molar-refractivity contribution in [1.82, 2.24) is 24.8 Å². The van der Waals surface area contributed by atoms with Crippen molar-refractivity contribution in [3.05, 3.63) is 72.2 Å². The molecule has 0 radical (unpaired) electrons. The van der Waals surface area contributed by atoms with Gasteiger partial charge in [-0.25, -0.2) is 22.8 Å². The SMILES string of the molecule is O=C(NCc1cccnc1-n1cccn1)c1cccc(S(=O)(=O)NCC2CC2)c1. The van der Waals surface area contributed by atoms with Gasteiger partial charge < -0.3 is 5.32 Å². The van der Waals surface area contributed by atoms with Crippen LogP contribution in [0.5, 0.6) is 0 Å². The van der Waals surface area contributed by atoms with E-state index in [1.54, 1.807) is 47.5 Å². The van der Waals surface area contributed by atoms with Crippen molar-refractivity contribution < 1.29 is 13.2 Å². The first-order valence-corrected chi connectivity index (χ1v) is 10.8. The first kappa shape index (κ1) is 19.3. The second kappa shape index (κ2) is 8.14. The lowest BCUT2D eigenvalue weighted by Crippen LogP contribution is -2.27. The number of carbonyl (C=O) groups is 1. The monoisotopic (exact) mass is 411 g/mol. The maximum Gasteiger partial charge on any atom is 0.251 e. The van der Waals surface area contributed by atoms with Gasteiger partial charge in [-0.3, -0.25) is 4.79 Å². The molecule has 29 heavy (non-hydrogen) atoms. The maximum atomic E-state index is 12.6. The fourth-order valence-corrected chi connectivity index (χ4v) is 4.05. The van der Waals surface area contributed by atoms with Crippen LogP contribution in [0.15, 0.2) is 66.0 Å². The van der Waals surface area contributed by atoms with E-state index in [9.17, 15) is 13.2 Å². The van der Waals surface area contributed by atoms with Gasteiger partial charge in [0, 0.05) is 42.8 Å². The number of amides is 1. The summed E-state index contributed by atoms with van der Waals surface area (Å²) in [6.07, 6.45) is 7.20. The molecule has 0 aliphatic heterocycles. The van der Waals surface area contributed by atoms with Crippen LogP contribution in [0.3, 0.4) is 0 Å². The number of sulfonamides is 1. The van der Waals surface area contributed by atoms with Crippen molar-refractivity contribution in [2.45, 2.75) is 24.3 Å². The number of benzene rings is 1. The highest BCUT2D eigenvalue weighted by Gasteiger charge is 2.24. The van der Waals surface area contributed by atoms with Crippen LogP contribution in [0.2, 0.25) is 0 Å². The summed E-state index contributed by atoms with van der Waals surface area (Å²) < 4.78 is 29.1. The molecule has 1 aliphatic carbocycles. The third-order valence-electron chi connectivity index (χ3n) is 4.69. The van der Waals surface area contributed by atoms with Gasteiger partial charge in [0.1, 0.15) is 0 Å². The first-order valence-electron chi connectivity index (χ1n) is 9.35. The number of nitrogens with zero attached hydrogens (tertiary/aromatic N) is 3. The van der Waals surface area contributed by atoms with Crippen LogP contribution in [0.1, 0.15) is 28.8 Å². The molecule has 0 spiro atoms. The number of pyridine rings is 1. The zero-order valence-corrected chi connectivity index (χ0v) is 16.5. The number of nitrogens with one attached hydrogen (secondary N) is 2. The average molecular weight is 411 g/mol. The zero-order chi connectivity index (χ0) is 20.3. The summed E-state index contributed by atoms with van der Waals surface area (Å²) >= 11 is 0. The Morgan fingerprint density at radius 2 is 2.00 bits per heavy atom. The van der Waals surface area contributed by atoms with Crippen LogP contribution in [0.4, 0.5) is 0 Å². The molecule has 0 unspecified atom stereocenters. The molecule has 1 fully saturated rings. The summed E-state index contributed by atoms with van der Waals surface area (Å²) in [5, 5.41) is 6.99. The number of carbonyl (C=O) groups excluding carboxylic acids is 1. The van der Waals surface area contributed by atoms with Crippen LogP contribution in [-0.4, -0.2) is 35.6 Å². The van der Waals surface area contributed by atoms with E-state index in [0.717, 1.165) is 18.4 Å². The lowest BCUT2D eigenvalue weighted by molar-refractivity contribution is 0.0950. The van der Waals surface area contributed by atoms with Crippen LogP contribution in [-0.2, 0) is 16.6 Å². The molecule has 2 aromatic heterocycles. The molecule has 2 heterocycles. The predicted octanol–water partition coefficient (Wildman–Crippen LogP) is 1.89. The summed E-state index contributed by atoms with van der Waals surface area (Å²) in [5.74, 6) is 0.692. The minimum absolute atomic E-state index is 0.0874. The Balaban J connectivity index is 1.46. The smallest absolute Gasteiger partial charge is 0.251 e. The molecule has 0 atom stereocenters. The van der Waals surface area contributed by atoms with Crippen molar-refractivity contribution in [3.8, 4) is 5.82 Å². The van der Waals surface area contributed by atoms with Gasteiger partial charge in [0.15, 0.2) is 5.82 Å². The van der Waals surface area contributed by atoms with Gasteiger partial charge in [0.2, 0.25) is 10.0 Å². The summed E-state index contributed by atoms with van der Waals surface area (Å²) in [6.45, 7) is 0.675. The second-order valence-corrected chi connectivity index (χ2v) is 8.71. The Bertz CT molecular complexity index is 1110. The zero-order valence-electron chi connectivity index (χ0n) is 15.7. The van der Waals surface area contributed by atoms with E-state index in [2.05, 4.69) is 20.1 Å². The summed E-state index contributed by atoms with van der Waals surface area (Å²) in [5.41, 5.74) is 1.07. The maximum absolute atomic E-state index is 12.6. The Morgan fingerprint density at radius 3 is 2.76 bits per heavy atom. The summed E-state index contributed by atoms with van der Waals surface area (Å²) in [6, 6.07) is 11.5. The van der Waals surface area contributed by atoms with Crippen LogP contribution in [0.25, 0.3) is 5.82 Å². The van der Waals surface area contributed by atoms with Crippen molar-refractivity contribution in [2.75, 3.05) is 6.54 Å². The molecule has 8 nitrogen and oxygen atoms in total. The summed E-state index contributed by atoms with van der Waals surface area (Å²) in [4.78, 5) is 17.0. The van der Waals surface area contributed by atoms with Gasteiger partial charge in [-0.2, -0.15) is 5.10 Å². The molecule has 150 valence electrons. The standard InChI is InChI=1S/C20H21N5O3S/c26-20(22-14-17-5-2-9-21-19(17)25-11-3-10-23-25)16-4-1-6-18(12-16)29(27,28)24-13-15-7-8-15/h1-6,9-12,15,24H,7-8,13-14H2,(H,22,26). The van der Waals surface area contributed by atoms with Crippen molar-refractivity contribution >= 4 is 15.9 Å². The van der Waals surface area contributed by atoms with E-state index in [-0.39, 0.29) is 22.9 Å². The normalized spacial score (nSPS) is 13.9. The third kappa shape index (κ3) is 4.69. The minimum Gasteiger partial charge on any atom is -0.348 e. The molecule has 4 rings (SSSR count). The van der Waals surface area contributed by atoms with Crippen LogP contribution >= 0.6 is 0 Å². The fraction of sp³-hybridized carbons (Fsp3) is 0.250. The third-order valence-corrected chi connectivity index (χ3v) is 6.12. The van der Waals surface area contributed by atoms with Gasteiger partial charge in [-0.05, 0) is 49.1 Å². The number of hydrogen-bond acceptors (Lipinski definition) is 5. The quantitative estimate of drug-likeness (QED) is 0.589. The van der Waals surface area contributed by atoms with Gasteiger partial charge in [-0.15, -0.1) is 0 Å². The first-order chi connectivity index (χ1) is 14.0. The lowest BCUT2D eigenvalue weighted by Gasteiger charge is -2.11. The molecule has 1 aromatic carbocycles. The average Bonchev–Trinajstić information content (AvgIpc) is 3.42. The van der Waals surface area contributed by atoms with E-state index in [1.165, 1.54) is 12.1 Å². The van der Waals surface area contributed by atoms with E-state index in [0.29, 0.717) is 18.3 Å². The Hall–Kier alpha value is -3.04. The second-order valence-electron chi connectivity index (χ2n) is 6.94. The predicted molar refractivity (Wildman–Crippen MR) is 107 cm³/mol. The Labute approximate surface area is 169 Å². The van der Waals surface area contributed by atoms with Gasteiger partial charge in [-0.1, -0.05) is 12.1 Å². The molecule has 3 aromatic rings. The van der Waals surface area contributed by atoms with E-state index >= 15 is 0 Å². The van der Waals surface area contributed by atoms with Crippen molar-refractivity contribution in [2.24, 2.45) is 5.92 Å². The van der Waals surface area contributed by atoms with Gasteiger partial charge in [0.05, 0.1) is 4.90 Å². The highest BCUT2D eigenvalue weighted by Crippen LogP contribution is 2.28. The molecular weight excluding hydrogens is 390 g/mol. The molecule has 1 amide bonds. The van der Waals surface area contributed by atoms with Gasteiger partial charge >= 0.3 is 0 Å². The topological polar surface area (TPSA) is 106 Å². The van der Waals surface area contributed by atoms with Crippen LogP contribution in [0, 0.1) is 5.92 Å². The molecule has 9 heteroatoms. The molecule has 1 saturated carbocycles. The largest absolute Gasteiger partial charge is 0.348 e. The molecular formula is C20H21N5O3S. The number of aromatic nitrogens is 3. The molecule has 0 saturated heterocycles. The van der Waals surface area contributed by atoms with Crippen molar-refractivity contribution in [3.63, 3.8) is 0 Å².